The van der Waals surface area contributed by atoms with Crippen molar-refractivity contribution in [3.05, 3.63) is 58.5 Å². The van der Waals surface area contributed by atoms with E-state index in [0.29, 0.717) is 40.9 Å². The van der Waals surface area contributed by atoms with Crippen LogP contribution in [0.5, 0.6) is 5.75 Å². The zero-order valence-corrected chi connectivity index (χ0v) is 15.7. The Labute approximate surface area is 164 Å². The number of rotatable bonds is 7. The highest BCUT2D eigenvalue weighted by Crippen LogP contribution is 2.28. The monoisotopic (exact) mass is 412 g/mol. The van der Waals surface area contributed by atoms with E-state index >= 15 is 0 Å². The first-order chi connectivity index (χ1) is 13.6. The lowest BCUT2D eigenvalue weighted by atomic mass is 10.2. The second-order valence-corrected chi connectivity index (χ2v) is 5.93. The first-order valence-corrected chi connectivity index (χ1v) is 8.61. The Morgan fingerprint density at radius 3 is 2.52 bits per heavy atom. The summed E-state index contributed by atoms with van der Waals surface area (Å²) < 4.78 is 49.1. The van der Waals surface area contributed by atoms with Crippen LogP contribution in [0.25, 0.3) is 0 Å². The molecule has 1 atom stereocenters. The van der Waals surface area contributed by atoms with Crippen molar-refractivity contribution in [3.8, 4) is 5.75 Å². The summed E-state index contributed by atoms with van der Waals surface area (Å²) >= 11 is 0. The lowest BCUT2D eigenvalue weighted by Gasteiger charge is -2.16. The van der Waals surface area contributed by atoms with Crippen LogP contribution in [-0.2, 0) is 27.0 Å². The molecule has 0 saturated carbocycles. The molecule has 29 heavy (non-hydrogen) atoms. The third-order valence-electron chi connectivity index (χ3n) is 3.73. The summed E-state index contributed by atoms with van der Waals surface area (Å²) in [6.45, 7) is 2.68. The average molecular weight is 412 g/mol. The van der Waals surface area contributed by atoms with Crippen LogP contribution in [0.1, 0.15) is 19.4 Å². The molecule has 0 saturated heterocycles. The molecule has 0 aliphatic heterocycles. The Morgan fingerprint density at radius 1 is 1.17 bits per heavy atom. The average Bonchev–Trinajstić information content (AvgIpc) is 2.64. The van der Waals surface area contributed by atoms with Crippen molar-refractivity contribution in [2.75, 3.05) is 11.9 Å². The number of aromatic nitrogens is 1. The normalized spacial score (nSPS) is 12.2. The maximum atomic E-state index is 12.8. The van der Waals surface area contributed by atoms with Gasteiger partial charge in [0.05, 0.1) is 17.9 Å². The zero-order chi connectivity index (χ0) is 21.6. The van der Waals surface area contributed by atoms with E-state index in [4.69, 9.17) is 9.47 Å². The summed E-state index contributed by atoms with van der Waals surface area (Å²) in [4.78, 5) is 35.9. The standard InChI is InChI=1S/C19H19F3N2O5/c1-3-28-15-7-5-4-6-14(15)23-18(27)12(2)29-17(26)11-24-10-13(19(20,21)22)8-9-16(24)25/h4-10,12H,3,11H2,1-2H3,(H,23,27). The summed E-state index contributed by atoms with van der Waals surface area (Å²) in [5.74, 6) is -1.27. The molecule has 1 heterocycles. The largest absolute Gasteiger partial charge is 0.492 e. The van der Waals surface area contributed by atoms with Crippen LogP contribution in [0, 0.1) is 0 Å². The van der Waals surface area contributed by atoms with Crippen molar-refractivity contribution in [2.45, 2.75) is 32.7 Å². The van der Waals surface area contributed by atoms with Gasteiger partial charge in [-0.1, -0.05) is 12.1 Å². The highest BCUT2D eigenvalue weighted by Gasteiger charge is 2.31. The maximum Gasteiger partial charge on any atom is 0.417 e. The summed E-state index contributed by atoms with van der Waals surface area (Å²) in [6, 6.07) is 7.97. The molecule has 0 radical (unpaired) electrons. The van der Waals surface area contributed by atoms with Crippen LogP contribution in [-0.4, -0.2) is 29.2 Å². The number of alkyl halides is 3. The van der Waals surface area contributed by atoms with Gasteiger partial charge in [-0.25, -0.2) is 0 Å². The van der Waals surface area contributed by atoms with Gasteiger partial charge in [0.2, 0.25) is 0 Å². The fourth-order valence-corrected chi connectivity index (χ4v) is 2.34. The molecule has 0 spiro atoms. The molecular formula is C19H19F3N2O5. The van der Waals surface area contributed by atoms with E-state index in [1.54, 1.807) is 31.2 Å². The minimum absolute atomic E-state index is 0.372. The molecule has 0 bridgehead atoms. The molecule has 0 aliphatic carbocycles. The molecule has 7 nitrogen and oxygen atoms in total. The fraction of sp³-hybridized carbons (Fsp3) is 0.316. The second kappa shape index (κ2) is 9.26. The van der Waals surface area contributed by atoms with E-state index in [9.17, 15) is 27.6 Å². The molecule has 10 heteroatoms. The minimum Gasteiger partial charge on any atom is -0.492 e. The van der Waals surface area contributed by atoms with Crippen LogP contribution in [0.2, 0.25) is 0 Å². The molecule has 1 aromatic carbocycles. The maximum absolute atomic E-state index is 12.8. The number of anilines is 1. The smallest absolute Gasteiger partial charge is 0.417 e. The lowest BCUT2D eigenvalue weighted by Crippen LogP contribution is -2.33. The van der Waals surface area contributed by atoms with Crippen LogP contribution in [0.15, 0.2) is 47.4 Å². The van der Waals surface area contributed by atoms with Crippen molar-refractivity contribution in [1.29, 1.82) is 0 Å². The number of benzene rings is 1. The number of carbonyl (C=O) groups excluding carboxylic acids is 2. The molecule has 0 aliphatic rings. The number of hydrogen-bond acceptors (Lipinski definition) is 5. The number of hydrogen-bond donors (Lipinski definition) is 1. The molecule has 2 rings (SSSR count). The number of halogens is 3. The summed E-state index contributed by atoms with van der Waals surface area (Å²) in [6.07, 6.45) is -5.40. The van der Waals surface area contributed by atoms with Gasteiger partial charge in [0.1, 0.15) is 12.3 Å². The highest BCUT2D eigenvalue weighted by molar-refractivity contribution is 5.96. The number of pyridine rings is 1. The number of esters is 1. The van der Waals surface area contributed by atoms with Crippen molar-refractivity contribution in [1.82, 2.24) is 4.57 Å². The first-order valence-electron chi connectivity index (χ1n) is 8.61. The van der Waals surface area contributed by atoms with Gasteiger partial charge in [0.15, 0.2) is 6.10 Å². The van der Waals surface area contributed by atoms with Gasteiger partial charge in [0.25, 0.3) is 11.5 Å². The Balaban J connectivity index is 2.02. The number of ether oxygens (including phenoxy) is 2. The lowest BCUT2D eigenvalue weighted by molar-refractivity contribution is -0.154. The van der Waals surface area contributed by atoms with Gasteiger partial charge in [-0.2, -0.15) is 13.2 Å². The number of nitrogens with one attached hydrogen (secondary N) is 1. The van der Waals surface area contributed by atoms with Gasteiger partial charge in [-0.15, -0.1) is 0 Å². The van der Waals surface area contributed by atoms with E-state index in [2.05, 4.69) is 5.32 Å². The van der Waals surface area contributed by atoms with Gasteiger partial charge in [-0.3, -0.25) is 14.4 Å². The van der Waals surface area contributed by atoms with Crippen molar-refractivity contribution >= 4 is 17.6 Å². The Hall–Kier alpha value is -3.30. The van der Waals surface area contributed by atoms with Crippen LogP contribution in [0.4, 0.5) is 18.9 Å². The quantitative estimate of drug-likeness (QED) is 0.707. The third kappa shape index (κ3) is 6.09. The van der Waals surface area contributed by atoms with Crippen molar-refractivity contribution < 1.29 is 32.2 Å². The van der Waals surface area contributed by atoms with Crippen LogP contribution in [0.3, 0.4) is 0 Å². The molecule has 156 valence electrons. The minimum atomic E-state index is -4.67. The number of para-hydroxylation sites is 2. The number of carbonyl (C=O) groups is 2. The predicted molar refractivity (Wildman–Crippen MR) is 97.5 cm³/mol. The zero-order valence-electron chi connectivity index (χ0n) is 15.7. The Bertz CT molecular complexity index is 940. The molecule has 1 unspecified atom stereocenters. The van der Waals surface area contributed by atoms with E-state index in [0.717, 1.165) is 0 Å². The molecule has 1 aromatic heterocycles. The van der Waals surface area contributed by atoms with Crippen molar-refractivity contribution in [2.24, 2.45) is 0 Å². The summed E-state index contributed by atoms with van der Waals surface area (Å²) in [5.41, 5.74) is -1.52. The summed E-state index contributed by atoms with van der Waals surface area (Å²) in [7, 11) is 0. The molecular weight excluding hydrogens is 393 g/mol. The molecule has 0 fully saturated rings. The van der Waals surface area contributed by atoms with Crippen molar-refractivity contribution in [3.63, 3.8) is 0 Å². The first kappa shape index (κ1) is 22.0. The van der Waals surface area contributed by atoms with Gasteiger partial charge in [-0.05, 0) is 32.0 Å². The highest BCUT2D eigenvalue weighted by atomic mass is 19.4. The Morgan fingerprint density at radius 2 is 1.86 bits per heavy atom. The predicted octanol–water partition coefficient (Wildman–Crippen LogP) is 2.84. The molecule has 2 aromatic rings. The molecule has 1 amide bonds. The SMILES string of the molecule is CCOc1ccccc1NC(=O)C(C)OC(=O)Cn1cc(C(F)(F)F)ccc1=O. The third-order valence-corrected chi connectivity index (χ3v) is 3.73. The van der Waals surface area contributed by atoms with E-state index < -0.39 is 41.8 Å². The van der Waals surface area contributed by atoms with Crippen LogP contribution >= 0.6 is 0 Å². The fourth-order valence-electron chi connectivity index (χ4n) is 2.34. The topological polar surface area (TPSA) is 86.6 Å². The molecule has 1 N–H and O–H groups in total. The summed E-state index contributed by atoms with van der Waals surface area (Å²) in [5, 5.41) is 2.55. The number of nitrogens with zero attached hydrogens (tertiary/aromatic N) is 1. The number of amides is 1. The van der Waals surface area contributed by atoms with Gasteiger partial charge < -0.3 is 19.4 Å². The van der Waals surface area contributed by atoms with E-state index in [1.165, 1.54) is 6.92 Å². The van der Waals surface area contributed by atoms with E-state index in [1.807, 2.05) is 0 Å². The van der Waals surface area contributed by atoms with Gasteiger partial charge >= 0.3 is 12.1 Å². The Kier molecular flexibility index (Phi) is 7.03. The second-order valence-electron chi connectivity index (χ2n) is 5.93. The van der Waals surface area contributed by atoms with E-state index in [-0.39, 0.29) is 0 Å². The van der Waals surface area contributed by atoms with Gasteiger partial charge in [0, 0.05) is 12.3 Å². The van der Waals surface area contributed by atoms with Crippen LogP contribution < -0.4 is 15.6 Å².